The Morgan fingerprint density at radius 1 is 1.31 bits per heavy atom. The first kappa shape index (κ1) is 23.4. The molecule has 1 saturated heterocycles. The number of piperazine rings is 1. The number of pyridine rings is 1. The van der Waals surface area contributed by atoms with Crippen molar-refractivity contribution in [3.05, 3.63) is 23.4 Å². The number of carbonyl (C=O) groups excluding carboxylic acids is 1. The van der Waals surface area contributed by atoms with Crippen molar-refractivity contribution in [1.29, 1.82) is 0 Å². The molecule has 0 aliphatic carbocycles. The Hall–Kier alpha value is -1.86. The van der Waals surface area contributed by atoms with Gasteiger partial charge in [0.2, 0.25) is 16.4 Å². The van der Waals surface area contributed by atoms with Crippen LogP contribution in [-0.2, 0) is 19.7 Å². The van der Waals surface area contributed by atoms with Crippen molar-refractivity contribution < 1.29 is 18.0 Å². The third kappa shape index (κ3) is 7.82. The van der Waals surface area contributed by atoms with Gasteiger partial charge in [-0.3, -0.25) is 9.63 Å². The highest BCUT2D eigenvalue weighted by atomic mass is 35.5. The highest BCUT2D eigenvalue weighted by Crippen LogP contribution is 2.18. The van der Waals surface area contributed by atoms with Gasteiger partial charge in [-0.15, -0.1) is 5.92 Å². The second kappa shape index (κ2) is 12.0. The van der Waals surface area contributed by atoms with Crippen LogP contribution in [0.1, 0.15) is 32.6 Å². The molecule has 29 heavy (non-hydrogen) atoms. The van der Waals surface area contributed by atoms with Gasteiger partial charge in [0.05, 0.1) is 5.02 Å². The molecule has 0 saturated carbocycles. The number of hydrogen-bond acceptors (Lipinski definition) is 6. The normalized spacial score (nSPS) is 16.0. The van der Waals surface area contributed by atoms with E-state index in [-0.39, 0.29) is 5.75 Å². The van der Waals surface area contributed by atoms with Crippen molar-refractivity contribution in [2.24, 2.45) is 0 Å². The van der Waals surface area contributed by atoms with E-state index in [4.69, 9.17) is 16.4 Å². The lowest BCUT2D eigenvalue weighted by molar-refractivity contribution is -0.122. The molecule has 0 aromatic carbocycles. The Labute approximate surface area is 177 Å². The summed E-state index contributed by atoms with van der Waals surface area (Å²) in [6.45, 7) is 3.82. The van der Waals surface area contributed by atoms with Crippen molar-refractivity contribution in [3.8, 4) is 11.8 Å². The molecule has 0 radical (unpaired) electrons. The maximum Gasteiger partial charge on any atom is 0.230 e. The molecule has 1 amide bonds. The highest BCUT2D eigenvalue weighted by Gasteiger charge is 2.30. The first-order chi connectivity index (χ1) is 14.0. The number of halogens is 1. The zero-order valence-electron chi connectivity index (χ0n) is 16.5. The molecule has 0 spiro atoms. The number of hydrogen-bond donors (Lipinski definition) is 1. The second-order valence-electron chi connectivity index (χ2n) is 6.62. The predicted octanol–water partition coefficient (Wildman–Crippen LogP) is 1.82. The van der Waals surface area contributed by atoms with E-state index in [1.807, 2.05) is 11.0 Å². The standard InChI is InChI=1S/C19H27ClN4O4S/c1-2-3-4-5-6-7-18(28-22-16-25)15-29(26,27)24-12-10-23(11-13-24)19-9-8-17(20)14-21-19/h8-9,14,16,18H,2-5,10-13,15H2,1H3,(H,22,25). The molecule has 0 bridgehead atoms. The van der Waals surface area contributed by atoms with Crippen molar-refractivity contribution in [2.45, 2.75) is 38.7 Å². The molecule has 1 unspecified atom stereocenters. The summed E-state index contributed by atoms with van der Waals surface area (Å²) in [6, 6.07) is 3.57. The van der Waals surface area contributed by atoms with Crippen LogP contribution < -0.4 is 10.4 Å². The van der Waals surface area contributed by atoms with Crippen LogP contribution in [0.15, 0.2) is 18.3 Å². The van der Waals surface area contributed by atoms with Gasteiger partial charge in [0.15, 0.2) is 6.10 Å². The fourth-order valence-corrected chi connectivity index (χ4v) is 4.49. The molecule has 1 fully saturated rings. The van der Waals surface area contributed by atoms with Gasteiger partial charge in [-0.05, 0) is 18.6 Å². The second-order valence-corrected chi connectivity index (χ2v) is 9.07. The molecule has 1 atom stereocenters. The monoisotopic (exact) mass is 442 g/mol. The van der Waals surface area contributed by atoms with Crippen LogP contribution in [0.2, 0.25) is 5.02 Å². The van der Waals surface area contributed by atoms with Crippen LogP contribution in [0, 0.1) is 11.8 Å². The fraction of sp³-hybridized carbons (Fsp3) is 0.579. The third-order valence-electron chi connectivity index (χ3n) is 4.46. The van der Waals surface area contributed by atoms with Gasteiger partial charge in [0.1, 0.15) is 11.6 Å². The zero-order chi connectivity index (χ0) is 21.1. The first-order valence-electron chi connectivity index (χ1n) is 9.64. The van der Waals surface area contributed by atoms with E-state index in [1.54, 1.807) is 12.3 Å². The summed E-state index contributed by atoms with van der Waals surface area (Å²) in [5.41, 5.74) is 2.07. The van der Waals surface area contributed by atoms with Crippen molar-refractivity contribution in [3.63, 3.8) is 0 Å². The van der Waals surface area contributed by atoms with Crippen molar-refractivity contribution >= 4 is 33.9 Å². The number of nitrogens with zero attached hydrogens (tertiary/aromatic N) is 3. The summed E-state index contributed by atoms with van der Waals surface area (Å²) in [7, 11) is -3.59. The van der Waals surface area contributed by atoms with E-state index >= 15 is 0 Å². The molecule has 1 aliphatic rings. The van der Waals surface area contributed by atoms with Crippen molar-refractivity contribution in [1.82, 2.24) is 14.8 Å². The maximum absolute atomic E-state index is 12.8. The number of rotatable bonds is 10. The predicted molar refractivity (Wildman–Crippen MR) is 113 cm³/mol. The summed E-state index contributed by atoms with van der Waals surface area (Å²) in [5.74, 6) is 6.22. The van der Waals surface area contributed by atoms with Gasteiger partial charge in [0.25, 0.3) is 0 Å². The molecule has 1 aromatic heterocycles. The summed E-state index contributed by atoms with van der Waals surface area (Å²) in [4.78, 5) is 21.9. The Balaban J connectivity index is 1.93. The van der Waals surface area contributed by atoms with E-state index in [0.29, 0.717) is 44.0 Å². The molecular formula is C19H27ClN4O4S. The number of amides is 1. The van der Waals surface area contributed by atoms with Gasteiger partial charge in [-0.2, -0.15) is 4.31 Å². The van der Waals surface area contributed by atoms with Crippen LogP contribution in [0.4, 0.5) is 5.82 Å². The molecule has 1 N–H and O–H groups in total. The SMILES string of the molecule is CCCCCC#CC(CS(=O)(=O)N1CCN(c2ccc(Cl)cn2)CC1)ONC=O. The Morgan fingerprint density at radius 2 is 2.07 bits per heavy atom. The van der Waals surface area contributed by atoms with Gasteiger partial charge < -0.3 is 4.90 Å². The zero-order valence-corrected chi connectivity index (χ0v) is 18.1. The maximum atomic E-state index is 12.8. The van der Waals surface area contributed by atoms with Gasteiger partial charge in [0, 0.05) is 38.8 Å². The smallest absolute Gasteiger partial charge is 0.230 e. The molecule has 1 aliphatic heterocycles. The lowest BCUT2D eigenvalue weighted by atomic mass is 10.2. The summed E-state index contributed by atoms with van der Waals surface area (Å²) < 4.78 is 27.0. The van der Waals surface area contributed by atoms with Gasteiger partial charge in [-0.25, -0.2) is 18.9 Å². The van der Waals surface area contributed by atoms with E-state index < -0.39 is 16.1 Å². The minimum atomic E-state index is -3.59. The summed E-state index contributed by atoms with van der Waals surface area (Å²) in [6.07, 6.45) is 4.78. The van der Waals surface area contributed by atoms with Gasteiger partial charge in [-0.1, -0.05) is 37.3 Å². The lowest BCUT2D eigenvalue weighted by Gasteiger charge is -2.35. The number of unbranched alkanes of at least 4 members (excludes halogenated alkanes) is 3. The average molecular weight is 443 g/mol. The lowest BCUT2D eigenvalue weighted by Crippen LogP contribution is -2.50. The Kier molecular flexibility index (Phi) is 9.67. The van der Waals surface area contributed by atoms with Crippen LogP contribution >= 0.6 is 11.6 Å². The Morgan fingerprint density at radius 3 is 2.69 bits per heavy atom. The van der Waals surface area contributed by atoms with Crippen LogP contribution in [0.3, 0.4) is 0 Å². The van der Waals surface area contributed by atoms with Crippen LogP contribution in [0.25, 0.3) is 0 Å². The molecule has 10 heteroatoms. The quantitative estimate of drug-likeness (QED) is 0.257. The highest BCUT2D eigenvalue weighted by molar-refractivity contribution is 7.89. The Bertz CT molecular complexity index is 800. The van der Waals surface area contributed by atoms with Crippen LogP contribution in [-0.4, -0.2) is 62.2 Å². The van der Waals surface area contributed by atoms with E-state index in [9.17, 15) is 13.2 Å². The number of sulfonamides is 1. The molecule has 160 valence electrons. The number of aromatic nitrogens is 1. The van der Waals surface area contributed by atoms with Crippen LogP contribution in [0.5, 0.6) is 0 Å². The fourth-order valence-electron chi connectivity index (χ4n) is 2.91. The third-order valence-corrected chi connectivity index (χ3v) is 6.56. The molecule has 1 aromatic rings. The topological polar surface area (TPSA) is 91.8 Å². The number of nitrogens with one attached hydrogen (secondary N) is 1. The molecular weight excluding hydrogens is 416 g/mol. The van der Waals surface area contributed by atoms with E-state index in [2.05, 4.69) is 29.2 Å². The molecule has 2 heterocycles. The molecule has 8 nitrogen and oxygen atoms in total. The molecule has 2 rings (SSSR count). The minimum Gasteiger partial charge on any atom is -0.354 e. The van der Waals surface area contributed by atoms with Crippen molar-refractivity contribution in [2.75, 3.05) is 36.8 Å². The number of hydroxylamine groups is 1. The number of carbonyl (C=O) groups is 1. The number of anilines is 1. The van der Waals surface area contributed by atoms with E-state index in [1.165, 1.54) is 4.31 Å². The largest absolute Gasteiger partial charge is 0.354 e. The average Bonchev–Trinajstić information content (AvgIpc) is 2.72. The first-order valence-corrected chi connectivity index (χ1v) is 11.6. The van der Waals surface area contributed by atoms with Gasteiger partial charge >= 0.3 is 0 Å². The van der Waals surface area contributed by atoms with E-state index in [0.717, 1.165) is 25.1 Å². The minimum absolute atomic E-state index is 0.312. The summed E-state index contributed by atoms with van der Waals surface area (Å²) in [5, 5.41) is 0.556. The summed E-state index contributed by atoms with van der Waals surface area (Å²) >= 11 is 5.86.